The van der Waals surface area contributed by atoms with E-state index >= 15 is 0 Å². The molecule has 0 radical (unpaired) electrons. The lowest BCUT2D eigenvalue weighted by atomic mass is 10.2. The molecule has 0 aliphatic rings. The average molecular weight is 272 g/mol. The van der Waals surface area contributed by atoms with Crippen molar-refractivity contribution < 1.29 is 19.3 Å². The van der Waals surface area contributed by atoms with E-state index in [1.165, 1.54) is 18.2 Å². The van der Waals surface area contributed by atoms with Gasteiger partial charge < -0.3 is 14.9 Å². The normalized spacial score (nSPS) is 9.70. The van der Waals surface area contributed by atoms with Crippen molar-refractivity contribution in [3.63, 3.8) is 0 Å². The molecule has 102 valence electrons. The fraction of sp³-hybridized carbons (Fsp3) is 0.125. The molecule has 0 bridgehead atoms. The minimum absolute atomic E-state index is 0.144. The minimum atomic E-state index is -0.426. The van der Waals surface area contributed by atoms with Crippen LogP contribution in [0.5, 0.6) is 11.5 Å². The first kappa shape index (κ1) is 13.9. The Hall–Kier alpha value is -2.51. The van der Waals surface area contributed by atoms with E-state index in [9.17, 15) is 9.50 Å². The van der Waals surface area contributed by atoms with Crippen LogP contribution >= 0.6 is 0 Å². The van der Waals surface area contributed by atoms with Crippen LogP contribution in [0.4, 0.5) is 4.39 Å². The molecule has 0 unspecified atom stereocenters. The van der Waals surface area contributed by atoms with E-state index in [0.29, 0.717) is 11.3 Å². The van der Waals surface area contributed by atoms with Crippen molar-refractivity contribution >= 4 is 0 Å². The molecule has 4 heteroatoms. The monoisotopic (exact) mass is 272 g/mol. The van der Waals surface area contributed by atoms with Crippen LogP contribution in [0.1, 0.15) is 11.1 Å². The van der Waals surface area contributed by atoms with Crippen LogP contribution in [0.25, 0.3) is 0 Å². The third-order valence-electron chi connectivity index (χ3n) is 2.55. The summed E-state index contributed by atoms with van der Waals surface area (Å²) in [5, 5.41) is 18.1. The predicted octanol–water partition coefficient (Wildman–Crippen LogP) is 2.45. The van der Waals surface area contributed by atoms with Crippen molar-refractivity contribution in [3.8, 4) is 23.3 Å². The van der Waals surface area contributed by atoms with E-state index in [1.54, 1.807) is 24.3 Å². The fourth-order valence-electron chi connectivity index (χ4n) is 1.66. The molecule has 0 aromatic heterocycles. The van der Waals surface area contributed by atoms with Gasteiger partial charge in [0.05, 0.1) is 5.56 Å². The number of hydrogen-bond acceptors (Lipinski definition) is 3. The van der Waals surface area contributed by atoms with E-state index in [4.69, 9.17) is 9.84 Å². The molecule has 20 heavy (non-hydrogen) atoms. The second-order valence-electron chi connectivity index (χ2n) is 4.06. The molecule has 2 aromatic rings. The van der Waals surface area contributed by atoms with Crippen LogP contribution in [0.15, 0.2) is 42.5 Å². The number of halogens is 1. The molecule has 2 aromatic carbocycles. The maximum absolute atomic E-state index is 13.2. The van der Waals surface area contributed by atoms with E-state index in [0.717, 1.165) is 5.56 Å². The number of aliphatic hydroxyl groups is 1. The predicted molar refractivity (Wildman–Crippen MR) is 72.8 cm³/mol. The quantitative estimate of drug-likeness (QED) is 0.844. The SMILES string of the molecule is OCC#Cc1ccc(F)cc1OCc1cccc(O)c1. The molecule has 0 atom stereocenters. The molecule has 2 rings (SSSR count). The molecule has 0 amide bonds. The molecule has 0 saturated heterocycles. The van der Waals surface area contributed by atoms with Gasteiger partial charge in [0.25, 0.3) is 0 Å². The van der Waals surface area contributed by atoms with Crippen molar-refractivity contribution in [1.82, 2.24) is 0 Å². The summed E-state index contributed by atoms with van der Waals surface area (Å²) in [6.45, 7) is -0.0883. The van der Waals surface area contributed by atoms with Gasteiger partial charge >= 0.3 is 0 Å². The Balaban J connectivity index is 2.17. The molecule has 0 aliphatic carbocycles. The van der Waals surface area contributed by atoms with Gasteiger partial charge in [0.15, 0.2) is 0 Å². The van der Waals surface area contributed by atoms with Crippen LogP contribution in [0.2, 0.25) is 0 Å². The smallest absolute Gasteiger partial charge is 0.138 e. The Morgan fingerprint density at radius 3 is 2.75 bits per heavy atom. The largest absolute Gasteiger partial charge is 0.508 e. The summed E-state index contributed by atoms with van der Waals surface area (Å²) in [7, 11) is 0. The summed E-state index contributed by atoms with van der Waals surface area (Å²) >= 11 is 0. The fourth-order valence-corrected chi connectivity index (χ4v) is 1.66. The highest BCUT2D eigenvalue weighted by Crippen LogP contribution is 2.21. The lowest BCUT2D eigenvalue weighted by Crippen LogP contribution is -1.98. The van der Waals surface area contributed by atoms with Gasteiger partial charge in [0, 0.05) is 6.07 Å². The summed E-state index contributed by atoms with van der Waals surface area (Å²) in [5.74, 6) is 5.21. The topological polar surface area (TPSA) is 49.7 Å². The first-order valence-electron chi connectivity index (χ1n) is 5.99. The van der Waals surface area contributed by atoms with Crippen LogP contribution in [-0.2, 0) is 6.61 Å². The van der Waals surface area contributed by atoms with E-state index in [1.807, 2.05) is 0 Å². The standard InChI is InChI=1S/C16H13FO3/c17-14-7-6-13(4-2-8-18)16(10-14)20-11-12-3-1-5-15(19)9-12/h1,3,5-7,9-10,18-19H,8,11H2. The van der Waals surface area contributed by atoms with Crippen LogP contribution in [0.3, 0.4) is 0 Å². The zero-order valence-corrected chi connectivity index (χ0v) is 10.6. The Kier molecular flexibility index (Phi) is 4.59. The van der Waals surface area contributed by atoms with Gasteiger partial charge in [-0.25, -0.2) is 4.39 Å². The summed E-state index contributed by atoms with van der Waals surface area (Å²) < 4.78 is 18.8. The van der Waals surface area contributed by atoms with Crippen LogP contribution < -0.4 is 4.74 Å². The maximum Gasteiger partial charge on any atom is 0.138 e. The summed E-state index contributed by atoms with van der Waals surface area (Å²) in [4.78, 5) is 0. The number of benzene rings is 2. The van der Waals surface area contributed by atoms with Crippen LogP contribution in [0, 0.1) is 17.7 Å². The Morgan fingerprint density at radius 2 is 2.00 bits per heavy atom. The molecule has 0 spiro atoms. The molecule has 3 nitrogen and oxygen atoms in total. The average Bonchev–Trinajstić information content (AvgIpc) is 2.44. The third-order valence-corrected chi connectivity index (χ3v) is 2.55. The molecule has 0 aliphatic heterocycles. The maximum atomic E-state index is 13.2. The van der Waals surface area contributed by atoms with Gasteiger partial charge in [0.2, 0.25) is 0 Å². The minimum Gasteiger partial charge on any atom is -0.508 e. The zero-order chi connectivity index (χ0) is 14.4. The number of hydrogen-bond donors (Lipinski definition) is 2. The van der Waals surface area contributed by atoms with Gasteiger partial charge in [-0.15, -0.1) is 0 Å². The van der Waals surface area contributed by atoms with Gasteiger partial charge in [0.1, 0.15) is 30.5 Å². The number of phenolic OH excluding ortho intramolecular Hbond substituents is 1. The second-order valence-corrected chi connectivity index (χ2v) is 4.06. The highest BCUT2D eigenvalue weighted by atomic mass is 19.1. The van der Waals surface area contributed by atoms with E-state index in [-0.39, 0.29) is 19.0 Å². The van der Waals surface area contributed by atoms with Crippen molar-refractivity contribution in [1.29, 1.82) is 0 Å². The number of ether oxygens (including phenoxy) is 1. The number of phenols is 1. The molecular formula is C16H13FO3. The highest BCUT2D eigenvalue weighted by Gasteiger charge is 2.04. The van der Waals surface area contributed by atoms with Crippen molar-refractivity contribution in [2.24, 2.45) is 0 Å². The summed E-state index contributed by atoms with van der Waals surface area (Å²) in [5.41, 5.74) is 1.26. The Bertz CT molecular complexity index is 656. The van der Waals surface area contributed by atoms with Gasteiger partial charge in [-0.05, 0) is 29.8 Å². The first-order valence-corrected chi connectivity index (χ1v) is 5.99. The van der Waals surface area contributed by atoms with Gasteiger partial charge in [-0.1, -0.05) is 24.0 Å². The number of rotatable bonds is 3. The second kappa shape index (κ2) is 6.60. The van der Waals surface area contributed by atoms with Crippen molar-refractivity contribution in [2.75, 3.05) is 6.61 Å². The molecule has 2 N–H and O–H groups in total. The van der Waals surface area contributed by atoms with Crippen molar-refractivity contribution in [2.45, 2.75) is 6.61 Å². The zero-order valence-electron chi connectivity index (χ0n) is 10.6. The summed E-state index contributed by atoms with van der Waals surface area (Å²) in [6.07, 6.45) is 0. The molecule has 0 fully saturated rings. The molecule has 0 heterocycles. The summed E-state index contributed by atoms with van der Waals surface area (Å²) in [6, 6.07) is 10.6. The first-order chi connectivity index (χ1) is 9.69. The number of aliphatic hydroxyl groups excluding tert-OH is 1. The van der Waals surface area contributed by atoms with Crippen molar-refractivity contribution in [3.05, 3.63) is 59.4 Å². The number of aromatic hydroxyl groups is 1. The van der Waals surface area contributed by atoms with Gasteiger partial charge in [-0.2, -0.15) is 0 Å². The van der Waals surface area contributed by atoms with E-state index < -0.39 is 5.82 Å². The van der Waals surface area contributed by atoms with Gasteiger partial charge in [-0.3, -0.25) is 0 Å². The lowest BCUT2D eigenvalue weighted by Gasteiger charge is -2.09. The highest BCUT2D eigenvalue weighted by molar-refractivity contribution is 5.46. The Morgan fingerprint density at radius 1 is 1.15 bits per heavy atom. The van der Waals surface area contributed by atoms with Crippen LogP contribution in [-0.4, -0.2) is 16.8 Å². The van der Waals surface area contributed by atoms with E-state index in [2.05, 4.69) is 11.8 Å². The molecular weight excluding hydrogens is 259 g/mol. The lowest BCUT2D eigenvalue weighted by molar-refractivity contribution is 0.303. The third kappa shape index (κ3) is 3.74. The Labute approximate surface area is 116 Å². The molecule has 0 saturated carbocycles.